The molecule has 0 saturated carbocycles. The second kappa shape index (κ2) is 8.61. The molecule has 0 radical (unpaired) electrons. The minimum atomic E-state index is -3.81. The molecule has 1 N–H and O–H groups in total. The Morgan fingerprint density at radius 3 is 2.41 bits per heavy atom. The highest BCUT2D eigenvalue weighted by atomic mass is 35.5. The summed E-state index contributed by atoms with van der Waals surface area (Å²) < 4.78 is 25.6. The van der Waals surface area contributed by atoms with Gasteiger partial charge in [0.1, 0.15) is 6.04 Å². The van der Waals surface area contributed by atoms with Crippen molar-refractivity contribution in [3.63, 3.8) is 0 Å². The molecule has 9 heteroatoms. The van der Waals surface area contributed by atoms with E-state index in [2.05, 4.69) is 5.32 Å². The SMILES string of the molecule is C[C@H](C(=O)Nc1ccc(CC#N)cc1)N(c1cc(Cl)ccc1Cl)S(C)(=O)=O. The molecule has 0 aliphatic carbocycles. The predicted molar refractivity (Wildman–Crippen MR) is 108 cm³/mol. The van der Waals surface area contributed by atoms with Crippen molar-refractivity contribution in [1.82, 2.24) is 0 Å². The highest BCUT2D eigenvalue weighted by Crippen LogP contribution is 2.32. The Kier molecular flexibility index (Phi) is 6.71. The number of carbonyl (C=O) groups excluding carboxylic acids is 1. The second-order valence-corrected chi connectivity index (χ2v) is 8.55. The van der Waals surface area contributed by atoms with Crippen molar-refractivity contribution in [3.05, 3.63) is 58.1 Å². The lowest BCUT2D eigenvalue weighted by molar-refractivity contribution is -0.116. The highest BCUT2D eigenvalue weighted by Gasteiger charge is 2.30. The normalized spacial score (nSPS) is 12.1. The number of nitrogens with zero attached hydrogens (tertiary/aromatic N) is 2. The average Bonchev–Trinajstić information content (AvgIpc) is 2.59. The fraction of sp³-hybridized carbons (Fsp3) is 0.222. The molecule has 0 aliphatic heterocycles. The van der Waals surface area contributed by atoms with E-state index < -0.39 is 22.0 Å². The molecule has 1 amide bonds. The maximum Gasteiger partial charge on any atom is 0.247 e. The minimum Gasteiger partial charge on any atom is -0.324 e. The van der Waals surface area contributed by atoms with Crippen LogP contribution in [-0.4, -0.2) is 26.6 Å². The summed E-state index contributed by atoms with van der Waals surface area (Å²) >= 11 is 12.1. The van der Waals surface area contributed by atoms with Gasteiger partial charge >= 0.3 is 0 Å². The van der Waals surface area contributed by atoms with Gasteiger partial charge < -0.3 is 5.32 Å². The van der Waals surface area contributed by atoms with Gasteiger partial charge in [0.15, 0.2) is 0 Å². The van der Waals surface area contributed by atoms with E-state index in [0.29, 0.717) is 10.7 Å². The zero-order valence-electron chi connectivity index (χ0n) is 14.6. The van der Waals surface area contributed by atoms with Crippen LogP contribution >= 0.6 is 23.2 Å². The van der Waals surface area contributed by atoms with Gasteiger partial charge in [-0.05, 0) is 42.8 Å². The molecule has 1 atom stereocenters. The van der Waals surface area contributed by atoms with E-state index in [1.54, 1.807) is 24.3 Å². The summed E-state index contributed by atoms with van der Waals surface area (Å²) in [7, 11) is -3.81. The smallest absolute Gasteiger partial charge is 0.247 e. The first-order valence-corrected chi connectivity index (χ1v) is 10.4. The number of anilines is 2. The number of carbonyl (C=O) groups is 1. The van der Waals surface area contributed by atoms with Crippen LogP contribution < -0.4 is 9.62 Å². The first-order chi connectivity index (χ1) is 12.6. The Morgan fingerprint density at radius 2 is 1.85 bits per heavy atom. The third-order valence-corrected chi connectivity index (χ3v) is 5.52. The number of hydrogen-bond acceptors (Lipinski definition) is 4. The largest absolute Gasteiger partial charge is 0.324 e. The van der Waals surface area contributed by atoms with Crippen molar-refractivity contribution in [2.75, 3.05) is 15.9 Å². The Bertz CT molecular complexity index is 986. The number of sulfonamides is 1. The Hall–Kier alpha value is -2.27. The van der Waals surface area contributed by atoms with E-state index in [1.807, 2.05) is 6.07 Å². The Morgan fingerprint density at radius 1 is 1.22 bits per heavy atom. The fourth-order valence-electron chi connectivity index (χ4n) is 2.48. The van der Waals surface area contributed by atoms with Crippen molar-refractivity contribution >= 4 is 50.5 Å². The molecule has 2 aromatic rings. The van der Waals surface area contributed by atoms with Crippen molar-refractivity contribution in [1.29, 1.82) is 5.26 Å². The lowest BCUT2D eigenvalue weighted by atomic mass is 10.1. The van der Waals surface area contributed by atoms with Gasteiger partial charge in [-0.3, -0.25) is 9.10 Å². The van der Waals surface area contributed by atoms with Crippen LogP contribution in [0.2, 0.25) is 10.0 Å². The average molecular weight is 426 g/mol. The van der Waals surface area contributed by atoms with E-state index in [-0.39, 0.29) is 17.1 Å². The molecule has 0 unspecified atom stereocenters. The monoisotopic (exact) mass is 425 g/mol. The summed E-state index contributed by atoms with van der Waals surface area (Å²) in [6.07, 6.45) is 1.25. The predicted octanol–water partition coefficient (Wildman–Crippen LogP) is 3.85. The van der Waals surface area contributed by atoms with Crippen molar-refractivity contribution in [3.8, 4) is 6.07 Å². The molecule has 27 heavy (non-hydrogen) atoms. The lowest BCUT2D eigenvalue weighted by Gasteiger charge is -2.29. The summed E-state index contributed by atoms with van der Waals surface area (Å²) in [5.41, 5.74) is 1.42. The first-order valence-electron chi connectivity index (χ1n) is 7.84. The van der Waals surface area contributed by atoms with Crippen LogP contribution in [0, 0.1) is 11.3 Å². The quantitative estimate of drug-likeness (QED) is 0.760. The summed E-state index contributed by atoms with van der Waals surface area (Å²) in [4.78, 5) is 12.6. The van der Waals surface area contributed by atoms with Gasteiger partial charge in [0.05, 0.1) is 29.5 Å². The van der Waals surface area contributed by atoms with Gasteiger partial charge in [-0.15, -0.1) is 0 Å². The minimum absolute atomic E-state index is 0.124. The van der Waals surface area contributed by atoms with Crippen molar-refractivity contribution in [2.24, 2.45) is 0 Å². The summed E-state index contributed by atoms with van der Waals surface area (Å²) in [5, 5.41) is 11.8. The van der Waals surface area contributed by atoms with Crippen molar-refractivity contribution < 1.29 is 13.2 Å². The van der Waals surface area contributed by atoms with Gasteiger partial charge in [-0.25, -0.2) is 8.42 Å². The van der Waals surface area contributed by atoms with E-state index in [0.717, 1.165) is 16.1 Å². The molecule has 0 aliphatic rings. The fourth-order valence-corrected chi connectivity index (χ4v) is 4.08. The molecule has 0 aromatic heterocycles. The van der Waals surface area contributed by atoms with Crippen LogP contribution in [0.25, 0.3) is 0 Å². The number of nitriles is 1. The number of amides is 1. The van der Waals surface area contributed by atoms with Crippen LogP contribution in [0.1, 0.15) is 12.5 Å². The zero-order valence-corrected chi connectivity index (χ0v) is 16.9. The van der Waals surface area contributed by atoms with Gasteiger partial charge in [0, 0.05) is 10.7 Å². The maximum atomic E-state index is 12.6. The molecule has 2 aromatic carbocycles. The van der Waals surface area contributed by atoms with Crippen LogP contribution in [0.5, 0.6) is 0 Å². The molecular weight excluding hydrogens is 409 g/mol. The first kappa shape index (κ1) is 21.0. The molecular formula is C18H17Cl2N3O3S. The van der Waals surface area contributed by atoms with Gasteiger partial charge in [0.2, 0.25) is 15.9 Å². The number of rotatable bonds is 6. The van der Waals surface area contributed by atoms with Gasteiger partial charge in [0.25, 0.3) is 0 Å². The van der Waals surface area contributed by atoms with Crippen LogP contribution in [0.4, 0.5) is 11.4 Å². The van der Waals surface area contributed by atoms with Gasteiger partial charge in [-0.1, -0.05) is 35.3 Å². The van der Waals surface area contributed by atoms with E-state index in [1.165, 1.54) is 25.1 Å². The van der Waals surface area contributed by atoms with E-state index >= 15 is 0 Å². The molecule has 142 valence electrons. The van der Waals surface area contributed by atoms with Crippen LogP contribution in [-0.2, 0) is 21.2 Å². The standard InChI is InChI=1S/C18H17Cl2N3O3S/c1-12(18(24)22-15-6-3-13(4-7-15)9-10-21)23(27(2,25)26)17-11-14(19)5-8-16(17)20/h3-8,11-12H,9H2,1-2H3,(H,22,24)/t12-/m1/s1. The molecule has 0 fully saturated rings. The molecule has 0 spiro atoms. The molecule has 0 bridgehead atoms. The molecule has 6 nitrogen and oxygen atoms in total. The van der Waals surface area contributed by atoms with E-state index in [4.69, 9.17) is 28.5 Å². The third-order valence-electron chi connectivity index (χ3n) is 3.74. The Balaban J connectivity index is 2.30. The summed E-state index contributed by atoms with van der Waals surface area (Å²) in [6, 6.07) is 12.1. The summed E-state index contributed by atoms with van der Waals surface area (Å²) in [6.45, 7) is 1.46. The van der Waals surface area contributed by atoms with Crippen LogP contribution in [0.3, 0.4) is 0 Å². The topological polar surface area (TPSA) is 90.3 Å². The number of benzene rings is 2. The highest BCUT2D eigenvalue weighted by molar-refractivity contribution is 7.92. The van der Waals surface area contributed by atoms with Crippen LogP contribution in [0.15, 0.2) is 42.5 Å². The van der Waals surface area contributed by atoms with Gasteiger partial charge in [-0.2, -0.15) is 5.26 Å². The lowest BCUT2D eigenvalue weighted by Crippen LogP contribution is -2.45. The third kappa shape index (κ3) is 5.36. The Labute approximate surface area is 168 Å². The summed E-state index contributed by atoms with van der Waals surface area (Å²) in [5.74, 6) is -0.537. The maximum absolute atomic E-state index is 12.6. The second-order valence-electron chi connectivity index (χ2n) is 5.85. The number of halogens is 2. The van der Waals surface area contributed by atoms with E-state index in [9.17, 15) is 13.2 Å². The van der Waals surface area contributed by atoms with Crippen molar-refractivity contribution in [2.45, 2.75) is 19.4 Å². The number of hydrogen-bond donors (Lipinski definition) is 1. The molecule has 0 saturated heterocycles. The molecule has 2 rings (SSSR count). The molecule has 0 heterocycles. The zero-order chi connectivity index (χ0) is 20.2. The number of nitrogens with one attached hydrogen (secondary N) is 1.